The van der Waals surface area contributed by atoms with Crippen molar-refractivity contribution in [2.45, 2.75) is 31.3 Å². The van der Waals surface area contributed by atoms with Crippen LogP contribution in [0.1, 0.15) is 18.7 Å². The van der Waals surface area contributed by atoms with Gasteiger partial charge >= 0.3 is 0 Å². The Kier molecular flexibility index (Phi) is 4.45. The average Bonchev–Trinajstić information content (AvgIpc) is 3.33. The highest BCUT2D eigenvalue weighted by atomic mass is 32.2. The van der Waals surface area contributed by atoms with Crippen LogP contribution in [0.25, 0.3) is 20.7 Å². The molecule has 0 fully saturated rings. The molecular formula is C16H14N4O2S3. The summed E-state index contributed by atoms with van der Waals surface area (Å²) in [6.07, 6.45) is 0. The van der Waals surface area contributed by atoms with Crippen LogP contribution in [0.5, 0.6) is 0 Å². The van der Waals surface area contributed by atoms with E-state index >= 15 is 0 Å². The Morgan fingerprint density at radius 3 is 2.88 bits per heavy atom. The minimum atomic E-state index is 0.00126. The highest BCUT2D eigenvalue weighted by molar-refractivity contribution is 7.98. The average molecular weight is 391 g/mol. The predicted molar refractivity (Wildman–Crippen MR) is 101 cm³/mol. The SMILES string of the molecule is CCn1c(SCc2nnc(C)o2)nc2scc(-c3cccs3)c2c1=O. The number of nitrogens with zero attached hydrogens (tertiary/aromatic N) is 4. The second-order valence-corrected chi connectivity index (χ2v) is 8.00. The van der Waals surface area contributed by atoms with Gasteiger partial charge in [0.25, 0.3) is 5.56 Å². The third-order valence-corrected chi connectivity index (χ3v) is 6.39. The second-order valence-electron chi connectivity index (χ2n) is 5.25. The second kappa shape index (κ2) is 6.74. The molecule has 0 aliphatic rings. The lowest BCUT2D eigenvalue weighted by molar-refractivity contribution is 0.485. The Labute approximate surface area is 155 Å². The lowest BCUT2D eigenvalue weighted by Crippen LogP contribution is -2.22. The maximum atomic E-state index is 13.0. The number of aromatic nitrogens is 4. The molecule has 0 N–H and O–H groups in total. The molecule has 0 aliphatic heterocycles. The third kappa shape index (κ3) is 3.03. The van der Waals surface area contributed by atoms with E-state index in [1.807, 2.05) is 29.8 Å². The number of hydrogen-bond donors (Lipinski definition) is 0. The first-order chi connectivity index (χ1) is 12.2. The molecule has 0 unspecified atom stereocenters. The zero-order chi connectivity index (χ0) is 17.4. The van der Waals surface area contributed by atoms with E-state index in [0.29, 0.717) is 34.6 Å². The number of fused-ring (bicyclic) bond motifs is 1. The van der Waals surface area contributed by atoms with Crippen molar-refractivity contribution in [2.75, 3.05) is 0 Å². The fourth-order valence-electron chi connectivity index (χ4n) is 2.53. The van der Waals surface area contributed by atoms with Crippen LogP contribution in [0.4, 0.5) is 0 Å². The Morgan fingerprint density at radius 2 is 2.20 bits per heavy atom. The van der Waals surface area contributed by atoms with Gasteiger partial charge < -0.3 is 4.42 Å². The van der Waals surface area contributed by atoms with Crippen LogP contribution in [-0.4, -0.2) is 19.7 Å². The third-order valence-electron chi connectivity index (χ3n) is 3.65. The first-order valence-corrected chi connectivity index (χ1v) is 10.4. The number of thiophene rings is 2. The van der Waals surface area contributed by atoms with Crippen LogP contribution in [0.15, 0.2) is 37.3 Å². The first kappa shape index (κ1) is 16.5. The van der Waals surface area contributed by atoms with Crippen LogP contribution >= 0.6 is 34.4 Å². The molecule has 0 radical (unpaired) electrons. The van der Waals surface area contributed by atoms with Crippen LogP contribution in [0, 0.1) is 6.92 Å². The van der Waals surface area contributed by atoms with Gasteiger partial charge in [0.2, 0.25) is 11.8 Å². The van der Waals surface area contributed by atoms with Crippen molar-refractivity contribution in [3.63, 3.8) is 0 Å². The summed E-state index contributed by atoms with van der Waals surface area (Å²) in [5.41, 5.74) is 0.972. The molecule has 25 heavy (non-hydrogen) atoms. The lowest BCUT2D eigenvalue weighted by atomic mass is 10.2. The van der Waals surface area contributed by atoms with Gasteiger partial charge in [-0.15, -0.1) is 32.9 Å². The molecule has 4 rings (SSSR count). The van der Waals surface area contributed by atoms with E-state index in [9.17, 15) is 4.79 Å². The summed E-state index contributed by atoms with van der Waals surface area (Å²) < 4.78 is 7.10. The maximum Gasteiger partial charge on any atom is 0.263 e. The molecule has 4 aromatic rings. The lowest BCUT2D eigenvalue weighted by Gasteiger charge is -2.09. The Hall–Kier alpha value is -1.97. The summed E-state index contributed by atoms with van der Waals surface area (Å²) in [6, 6.07) is 4.02. The molecule has 0 saturated carbocycles. The largest absolute Gasteiger partial charge is 0.425 e. The van der Waals surface area contributed by atoms with Crippen molar-refractivity contribution in [2.24, 2.45) is 0 Å². The van der Waals surface area contributed by atoms with E-state index in [1.54, 1.807) is 22.8 Å². The van der Waals surface area contributed by atoms with Gasteiger partial charge in [0.15, 0.2) is 5.16 Å². The number of rotatable bonds is 5. The molecule has 6 nitrogen and oxygen atoms in total. The standard InChI is InChI=1S/C16H14N4O2S3/c1-3-20-15(21)13-10(11-5-4-6-23-11)7-24-14(13)17-16(20)25-8-12-19-18-9(2)22-12/h4-7H,3,8H2,1-2H3. The van der Waals surface area contributed by atoms with Crippen LogP contribution in [0.2, 0.25) is 0 Å². The smallest absolute Gasteiger partial charge is 0.263 e. The Balaban J connectivity index is 1.77. The highest BCUT2D eigenvalue weighted by Crippen LogP contribution is 2.34. The Morgan fingerprint density at radius 1 is 1.32 bits per heavy atom. The van der Waals surface area contributed by atoms with Gasteiger partial charge in [-0.3, -0.25) is 9.36 Å². The summed E-state index contributed by atoms with van der Waals surface area (Å²) >= 11 is 4.57. The van der Waals surface area contributed by atoms with Crippen LogP contribution < -0.4 is 5.56 Å². The predicted octanol–water partition coefficient (Wildman–Crippen LogP) is 4.19. The van der Waals surface area contributed by atoms with Gasteiger partial charge in [-0.1, -0.05) is 17.8 Å². The van der Waals surface area contributed by atoms with Crippen molar-refractivity contribution in [1.29, 1.82) is 0 Å². The molecule has 0 spiro atoms. The molecule has 0 aliphatic carbocycles. The molecule has 4 aromatic heterocycles. The molecule has 0 atom stereocenters. The summed E-state index contributed by atoms with van der Waals surface area (Å²) in [5, 5.41) is 13.2. The van der Waals surface area contributed by atoms with Crippen molar-refractivity contribution >= 4 is 44.7 Å². The van der Waals surface area contributed by atoms with Crippen molar-refractivity contribution < 1.29 is 4.42 Å². The van der Waals surface area contributed by atoms with Gasteiger partial charge in [0.1, 0.15) is 4.83 Å². The van der Waals surface area contributed by atoms with Crippen molar-refractivity contribution in [1.82, 2.24) is 19.7 Å². The normalized spacial score (nSPS) is 11.4. The van der Waals surface area contributed by atoms with Gasteiger partial charge in [-0.05, 0) is 18.4 Å². The minimum absolute atomic E-state index is 0.00126. The fraction of sp³-hybridized carbons (Fsp3) is 0.250. The zero-order valence-electron chi connectivity index (χ0n) is 13.6. The summed E-state index contributed by atoms with van der Waals surface area (Å²) in [6.45, 7) is 4.27. The summed E-state index contributed by atoms with van der Waals surface area (Å²) in [7, 11) is 0. The Bertz CT molecular complexity index is 1080. The molecule has 128 valence electrons. The quantitative estimate of drug-likeness (QED) is 0.376. The molecule has 4 heterocycles. The maximum absolute atomic E-state index is 13.0. The van der Waals surface area contributed by atoms with Crippen LogP contribution in [0.3, 0.4) is 0 Å². The van der Waals surface area contributed by atoms with Gasteiger partial charge in [-0.25, -0.2) is 4.98 Å². The van der Waals surface area contributed by atoms with E-state index in [-0.39, 0.29) is 5.56 Å². The van der Waals surface area contributed by atoms with Gasteiger partial charge in [0, 0.05) is 29.3 Å². The number of thioether (sulfide) groups is 1. The van der Waals surface area contributed by atoms with Gasteiger partial charge in [0.05, 0.1) is 11.1 Å². The molecular weight excluding hydrogens is 376 g/mol. The zero-order valence-corrected chi connectivity index (χ0v) is 16.0. The number of hydrogen-bond acceptors (Lipinski definition) is 8. The molecule has 9 heteroatoms. The molecule has 0 amide bonds. The monoisotopic (exact) mass is 390 g/mol. The van der Waals surface area contributed by atoms with E-state index in [1.165, 1.54) is 23.1 Å². The highest BCUT2D eigenvalue weighted by Gasteiger charge is 2.17. The fourth-order valence-corrected chi connectivity index (χ4v) is 5.23. The van der Waals surface area contributed by atoms with Crippen molar-refractivity contribution in [3.8, 4) is 10.4 Å². The molecule has 0 aromatic carbocycles. The van der Waals surface area contributed by atoms with Gasteiger partial charge in [-0.2, -0.15) is 0 Å². The van der Waals surface area contributed by atoms with E-state index < -0.39 is 0 Å². The summed E-state index contributed by atoms with van der Waals surface area (Å²) in [5.74, 6) is 1.55. The topological polar surface area (TPSA) is 73.8 Å². The van der Waals surface area contributed by atoms with E-state index in [2.05, 4.69) is 10.2 Å². The molecule has 0 bridgehead atoms. The van der Waals surface area contributed by atoms with Crippen molar-refractivity contribution in [3.05, 3.63) is 45.0 Å². The minimum Gasteiger partial charge on any atom is -0.425 e. The first-order valence-electron chi connectivity index (χ1n) is 7.65. The summed E-state index contributed by atoms with van der Waals surface area (Å²) in [4.78, 5) is 19.6. The van der Waals surface area contributed by atoms with E-state index in [0.717, 1.165) is 15.3 Å². The number of aryl methyl sites for hydroxylation is 1. The van der Waals surface area contributed by atoms with E-state index in [4.69, 9.17) is 9.40 Å². The van der Waals surface area contributed by atoms with Crippen LogP contribution in [-0.2, 0) is 12.3 Å². The molecule has 0 saturated heterocycles.